The molecular weight excluding hydrogens is 292 g/mol. The molecule has 2 aromatic carbocycles. The Bertz CT molecular complexity index is 722. The van der Waals surface area contributed by atoms with E-state index in [9.17, 15) is 0 Å². The highest BCUT2D eigenvalue weighted by atomic mass is 16.5. The van der Waals surface area contributed by atoms with Crippen molar-refractivity contribution in [1.82, 2.24) is 10.1 Å². The minimum absolute atomic E-state index is 0.0213. The number of benzene rings is 2. The Morgan fingerprint density at radius 3 is 2.04 bits per heavy atom. The number of hydrogen-bond donors (Lipinski definition) is 0. The van der Waals surface area contributed by atoms with E-state index in [0.29, 0.717) is 5.82 Å². The van der Waals surface area contributed by atoms with E-state index >= 15 is 0 Å². The molecule has 0 saturated heterocycles. The predicted molar refractivity (Wildman–Crippen MR) is 85.8 cm³/mol. The molecular formula is C18H18N2O3. The molecule has 0 N–H and O–H groups in total. The molecule has 1 unspecified atom stereocenters. The highest BCUT2D eigenvalue weighted by Crippen LogP contribution is 2.28. The summed E-state index contributed by atoms with van der Waals surface area (Å²) in [6, 6.07) is 16.0. The van der Waals surface area contributed by atoms with Gasteiger partial charge in [0.25, 0.3) is 0 Å². The van der Waals surface area contributed by atoms with Gasteiger partial charge in [0.2, 0.25) is 6.39 Å². The van der Waals surface area contributed by atoms with Crippen LogP contribution in [0.1, 0.15) is 22.9 Å². The summed E-state index contributed by atoms with van der Waals surface area (Å²) in [6.45, 7) is 0. The first-order valence-corrected chi connectivity index (χ1v) is 7.33. The summed E-state index contributed by atoms with van der Waals surface area (Å²) in [4.78, 5) is 4.23. The maximum absolute atomic E-state index is 5.22. The molecule has 1 aromatic heterocycles. The smallest absolute Gasteiger partial charge is 0.213 e. The lowest BCUT2D eigenvalue weighted by atomic mass is 9.91. The van der Waals surface area contributed by atoms with Gasteiger partial charge in [-0.3, -0.25) is 0 Å². The first-order chi connectivity index (χ1) is 11.3. The topological polar surface area (TPSA) is 57.4 Å². The largest absolute Gasteiger partial charge is 0.497 e. The Balaban J connectivity index is 1.88. The van der Waals surface area contributed by atoms with Crippen LogP contribution >= 0.6 is 0 Å². The number of aromatic nitrogens is 2. The average molecular weight is 310 g/mol. The maximum Gasteiger partial charge on any atom is 0.213 e. The van der Waals surface area contributed by atoms with Crippen LogP contribution in [0.25, 0.3) is 0 Å². The van der Waals surface area contributed by atoms with Crippen LogP contribution in [0.15, 0.2) is 59.4 Å². The molecule has 0 fully saturated rings. The molecule has 0 bridgehead atoms. The molecule has 0 aliphatic carbocycles. The lowest BCUT2D eigenvalue weighted by Gasteiger charge is -2.15. The van der Waals surface area contributed by atoms with E-state index in [1.807, 2.05) is 36.4 Å². The third-order valence-electron chi connectivity index (χ3n) is 3.81. The third kappa shape index (κ3) is 3.51. The van der Waals surface area contributed by atoms with Gasteiger partial charge in [-0.05, 0) is 41.8 Å². The summed E-state index contributed by atoms with van der Waals surface area (Å²) in [5.41, 5.74) is 2.29. The quantitative estimate of drug-likeness (QED) is 0.698. The SMILES string of the molecule is COc1ccc(CC(c2ccc(OC)cc2)c2ncon2)cc1. The molecule has 0 aliphatic heterocycles. The number of nitrogens with zero attached hydrogens (tertiary/aromatic N) is 2. The van der Waals surface area contributed by atoms with Crippen LogP contribution in [-0.4, -0.2) is 24.4 Å². The monoisotopic (exact) mass is 310 g/mol. The second-order valence-corrected chi connectivity index (χ2v) is 5.17. The average Bonchev–Trinajstić information content (AvgIpc) is 3.15. The van der Waals surface area contributed by atoms with Gasteiger partial charge in [0.1, 0.15) is 11.5 Å². The Morgan fingerprint density at radius 2 is 1.52 bits per heavy atom. The first-order valence-electron chi connectivity index (χ1n) is 7.33. The normalized spacial score (nSPS) is 11.9. The van der Waals surface area contributed by atoms with E-state index in [4.69, 9.17) is 14.0 Å². The zero-order valence-electron chi connectivity index (χ0n) is 13.1. The summed E-state index contributed by atoms with van der Waals surface area (Å²) in [5.74, 6) is 2.36. The molecule has 5 heteroatoms. The van der Waals surface area contributed by atoms with Crippen LogP contribution in [0, 0.1) is 0 Å². The van der Waals surface area contributed by atoms with E-state index < -0.39 is 0 Å². The maximum atomic E-state index is 5.22. The van der Waals surface area contributed by atoms with E-state index in [1.165, 1.54) is 12.0 Å². The number of ether oxygens (including phenoxy) is 2. The van der Waals surface area contributed by atoms with Crippen LogP contribution in [0.3, 0.4) is 0 Å². The lowest BCUT2D eigenvalue weighted by Crippen LogP contribution is -2.07. The van der Waals surface area contributed by atoms with Crippen molar-refractivity contribution >= 4 is 0 Å². The van der Waals surface area contributed by atoms with Crippen molar-refractivity contribution in [2.45, 2.75) is 12.3 Å². The van der Waals surface area contributed by atoms with E-state index in [0.717, 1.165) is 23.5 Å². The second kappa shape index (κ2) is 6.96. The zero-order chi connectivity index (χ0) is 16.1. The molecule has 3 rings (SSSR count). The standard InChI is InChI=1S/C18H18N2O3/c1-21-15-7-3-13(4-8-15)11-17(18-19-12-23-20-18)14-5-9-16(22-2)10-6-14/h3-10,12,17H,11H2,1-2H3. The van der Waals surface area contributed by atoms with Crippen molar-refractivity contribution in [2.24, 2.45) is 0 Å². The first kappa shape index (κ1) is 15.1. The summed E-state index contributed by atoms with van der Waals surface area (Å²) >= 11 is 0. The molecule has 1 heterocycles. The van der Waals surface area contributed by atoms with Crippen molar-refractivity contribution in [3.05, 3.63) is 71.9 Å². The summed E-state index contributed by atoms with van der Waals surface area (Å²) < 4.78 is 15.4. The summed E-state index contributed by atoms with van der Waals surface area (Å²) in [5, 5.41) is 4.02. The van der Waals surface area contributed by atoms with Crippen molar-refractivity contribution in [3.63, 3.8) is 0 Å². The fourth-order valence-electron chi connectivity index (χ4n) is 2.52. The molecule has 0 aliphatic rings. The highest BCUT2D eigenvalue weighted by Gasteiger charge is 2.19. The molecule has 1 atom stereocenters. The van der Waals surface area contributed by atoms with Crippen molar-refractivity contribution in [2.75, 3.05) is 14.2 Å². The van der Waals surface area contributed by atoms with Crippen molar-refractivity contribution in [1.29, 1.82) is 0 Å². The van der Waals surface area contributed by atoms with Crippen LogP contribution < -0.4 is 9.47 Å². The number of hydrogen-bond acceptors (Lipinski definition) is 5. The van der Waals surface area contributed by atoms with Gasteiger partial charge in [0.15, 0.2) is 5.82 Å². The van der Waals surface area contributed by atoms with Gasteiger partial charge in [-0.15, -0.1) is 0 Å². The van der Waals surface area contributed by atoms with Crippen LogP contribution in [-0.2, 0) is 6.42 Å². The molecule has 0 spiro atoms. The van der Waals surface area contributed by atoms with Crippen LogP contribution in [0.2, 0.25) is 0 Å². The highest BCUT2D eigenvalue weighted by molar-refractivity contribution is 5.35. The van der Waals surface area contributed by atoms with Crippen LogP contribution in [0.4, 0.5) is 0 Å². The molecule has 118 valence electrons. The second-order valence-electron chi connectivity index (χ2n) is 5.17. The lowest BCUT2D eigenvalue weighted by molar-refractivity contribution is 0.406. The van der Waals surface area contributed by atoms with Crippen molar-refractivity contribution in [3.8, 4) is 11.5 Å². The van der Waals surface area contributed by atoms with Gasteiger partial charge in [-0.2, -0.15) is 4.98 Å². The summed E-state index contributed by atoms with van der Waals surface area (Å²) in [6.07, 6.45) is 2.13. The van der Waals surface area contributed by atoms with Gasteiger partial charge < -0.3 is 14.0 Å². The van der Waals surface area contributed by atoms with E-state index in [2.05, 4.69) is 22.3 Å². The van der Waals surface area contributed by atoms with Gasteiger partial charge in [-0.1, -0.05) is 29.4 Å². The van der Waals surface area contributed by atoms with E-state index in [1.54, 1.807) is 14.2 Å². The fourth-order valence-corrected chi connectivity index (χ4v) is 2.52. The number of methoxy groups -OCH3 is 2. The van der Waals surface area contributed by atoms with Gasteiger partial charge in [-0.25, -0.2) is 0 Å². The zero-order valence-corrected chi connectivity index (χ0v) is 13.1. The summed E-state index contributed by atoms with van der Waals surface area (Å²) in [7, 11) is 3.32. The Kier molecular flexibility index (Phi) is 4.57. The Morgan fingerprint density at radius 1 is 0.913 bits per heavy atom. The van der Waals surface area contributed by atoms with Gasteiger partial charge in [0.05, 0.1) is 20.1 Å². The Hall–Kier alpha value is -2.82. The third-order valence-corrected chi connectivity index (χ3v) is 3.81. The predicted octanol–water partition coefficient (Wildman–Crippen LogP) is 3.46. The minimum atomic E-state index is 0.0213. The van der Waals surface area contributed by atoms with Crippen LogP contribution in [0.5, 0.6) is 11.5 Å². The van der Waals surface area contributed by atoms with Gasteiger partial charge >= 0.3 is 0 Å². The number of rotatable bonds is 6. The van der Waals surface area contributed by atoms with Crippen molar-refractivity contribution < 1.29 is 14.0 Å². The fraction of sp³-hybridized carbons (Fsp3) is 0.222. The molecule has 3 aromatic rings. The molecule has 0 radical (unpaired) electrons. The van der Waals surface area contributed by atoms with E-state index in [-0.39, 0.29) is 5.92 Å². The Labute approximate surface area is 134 Å². The molecule has 0 saturated carbocycles. The molecule has 5 nitrogen and oxygen atoms in total. The minimum Gasteiger partial charge on any atom is -0.497 e. The molecule has 23 heavy (non-hydrogen) atoms. The molecule has 0 amide bonds. The van der Waals surface area contributed by atoms with Gasteiger partial charge in [0, 0.05) is 0 Å².